The van der Waals surface area contributed by atoms with Crippen LogP contribution in [0.4, 0.5) is 10.6 Å². The van der Waals surface area contributed by atoms with Crippen molar-refractivity contribution in [2.75, 3.05) is 32.0 Å². The van der Waals surface area contributed by atoms with Crippen LogP contribution in [0.2, 0.25) is 0 Å². The molecule has 3 N–H and O–H groups in total. The maximum absolute atomic E-state index is 12.8. The van der Waals surface area contributed by atoms with Crippen LogP contribution < -0.4 is 5.73 Å². The monoisotopic (exact) mass is 305 g/mol. The van der Waals surface area contributed by atoms with Gasteiger partial charge < -0.3 is 20.3 Å². The Bertz CT molecular complexity index is 540. The first kappa shape index (κ1) is 13.9. The molecule has 3 saturated heterocycles. The number of morpholine rings is 1. The summed E-state index contributed by atoms with van der Waals surface area (Å²) in [6.07, 6.45) is 4.21. The molecule has 3 aliphatic heterocycles. The first-order valence-corrected chi connectivity index (χ1v) is 8.18. The van der Waals surface area contributed by atoms with E-state index in [1.807, 2.05) is 11.0 Å². The average Bonchev–Trinajstić information content (AvgIpc) is 3.09. The molecule has 4 rings (SSSR count). The van der Waals surface area contributed by atoms with Gasteiger partial charge in [-0.15, -0.1) is 0 Å². The molecule has 1 aromatic heterocycles. The third kappa shape index (κ3) is 2.33. The van der Waals surface area contributed by atoms with Crippen LogP contribution in [-0.4, -0.2) is 64.4 Å². The van der Waals surface area contributed by atoms with Gasteiger partial charge in [0.2, 0.25) is 0 Å². The number of hydrogen-bond donors (Lipinski definition) is 2. The van der Waals surface area contributed by atoms with Crippen molar-refractivity contribution in [2.24, 2.45) is 0 Å². The fourth-order valence-electron chi connectivity index (χ4n) is 4.21. The van der Waals surface area contributed by atoms with Crippen molar-refractivity contribution in [1.82, 2.24) is 20.0 Å². The highest BCUT2D eigenvalue weighted by atomic mass is 16.5. The summed E-state index contributed by atoms with van der Waals surface area (Å²) < 4.78 is 5.35. The van der Waals surface area contributed by atoms with E-state index in [0.717, 1.165) is 31.4 Å². The van der Waals surface area contributed by atoms with Crippen molar-refractivity contribution in [3.8, 4) is 0 Å². The van der Waals surface area contributed by atoms with Gasteiger partial charge in [0.15, 0.2) is 0 Å². The Morgan fingerprint density at radius 1 is 1.27 bits per heavy atom. The summed E-state index contributed by atoms with van der Waals surface area (Å²) in [6, 6.07) is 2.83. The smallest absolute Gasteiger partial charge is 0.320 e. The zero-order valence-electron chi connectivity index (χ0n) is 12.7. The molecule has 3 fully saturated rings. The van der Waals surface area contributed by atoms with Crippen LogP contribution >= 0.6 is 0 Å². The molecule has 3 aliphatic rings. The van der Waals surface area contributed by atoms with Gasteiger partial charge in [-0.25, -0.2) is 4.79 Å². The molecule has 2 unspecified atom stereocenters. The molecule has 2 amide bonds. The number of nitrogen functional groups attached to an aromatic ring is 1. The maximum Gasteiger partial charge on any atom is 0.320 e. The van der Waals surface area contributed by atoms with Gasteiger partial charge in [0.1, 0.15) is 5.82 Å². The summed E-state index contributed by atoms with van der Waals surface area (Å²) in [5, 5.41) is 7.14. The molecule has 120 valence electrons. The molecule has 22 heavy (non-hydrogen) atoms. The molecule has 2 bridgehead atoms. The lowest BCUT2D eigenvalue weighted by Gasteiger charge is -2.41. The predicted molar refractivity (Wildman–Crippen MR) is 81.4 cm³/mol. The third-order valence-corrected chi connectivity index (χ3v) is 5.27. The van der Waals surface area contributed by atoms with Gasteiger partial charge >= 0.3 is 6.03 Å². The number of rotatable bonds is 1. The molecule has 0 spiro atoms. The fraction of sp³-hybridized carbons (Fsp3) is 0.733. The zero-order valence-corrected chi connectivity index (χ0v) is 12.7. The minimum atomic E-state index is 0.204. The molecular formula is C15H23N5O2. The molecule has 4 heterocycles. The number of anilines is 1. The number of fused-ring (bicyclic) bond motifs is 2. The summed E-state index contributed by atoms with van der Waals surface area (Å²) in [5.74, 6) is 1.04. The number of ether oxygens (including phenoxy) is 1. The van der Waals surface area contributed by atoms with E-state index in [2.05, 4.69) is 15.1 Å². The van der Waals surface area contributed by atoms with E-state index in [0.29, 0.717) is 50.1 Å². The molecule has 0 aliphatic carbocycles. The number of nitrogens with zero attached hydrogens (tertiary/aromatic N) is 3. The van der Waals surface area contributed by atoms with Gasteiger partial charge in [-0.1, -0.05) is 0 Å². The van der Waals surface area contributed by atoms with Crippen LogP contribution in [0.5, 0.6) is 0 Å². The number of nitrogens with one attached hydrogen (secondary N) is 1. The number of amides is 2. The summed E-state index contributed by atoms with van der Waals surface area (Å²) >= 11 is 0. The van der Waals surface area contributed by atoms with Crippen LogP contribution in [-0.2, 0) is 4.74 Å². The van der Waals surface area contributed by atoms with Crippen molar-refractivity contribution in [3.63, 3.8) is 0 Å². The Hall–Kier alpha value is -1.76. The van der Waals surface area contributed by atoms with Crippen LogP contribution in [0.1, 0.15) is 37.3 Å². The molecule has 7 nitrogen and oxygen atoms in total. The van der Waals surface area contributed by atoms with Crippen LogP contribution in [0.15, 0.2) is 6.07 Å². The van der Waals surface area contributed by atoms with Crippen LogP contribution in [0.25, 0.3) is 0 Å². The van der Waals surface area contributed by atoms with E-state index in [9.17, 15) is 4.79 Å². The highest BCUT2D eigenvalue weighted by Crippen LogP contribution is 2.43. The van der Waals surface area contributed by atoms with Gasteiger partial charge in [0.05, 0.1) is 18.9 Å². The van der Waals surface area contributed by atoms with Crippen LogP contribution in [0.3, 0.4) is 0 Å². The molecule has 1 aromatic rings. The lowest BCUT2D eigenvalue weighted by Crippen LogP contribution is -2.54. The molecule has 2 atom stereocenters. The summed E-state index contributed by atoms with van der Waals surface area (Å²) in [4.78, 5) is 16.9. The number of urea groups is 1. The van der Waals surface area contributed by atoms with E-state index < -0.39 is 0 Å². The summed E-state index contributed by atoms with van der Waals surface area (Å²) in [5.41, 5.74) is 6.79. The van der Waals surface area contributed by atoms with Gasteiger partial charge in [0, 0.05) is 37.2 Å². The minimum absolute atomic E-state index is 0.204. The predicted octanol–water partition coefficient (Wildman–Crippen LogP) is 1.15. The number of carbonyl (C=O) groups excluding carboxylic acids is 1. The highest BCUT2D eigenvalue weighted by Gasteiger charge is 2.45. The first-order valence-electron chi connectivity index (χ1n) is 8.18. The van der Waals surface area contributed by atoms with Crippen molar-refractivity contribution < 1.29 is 9.53 Å². The highest BCUT2D eigenvalue weighted by molar-refractivity contribution is 5.76. The largest absolute Gasteiger partial charge is 0.384 e. The van der Waals surface area contributed by atoms with Gasteiger partial charge in [-0.2, -0.15) is 5.10 Å². The van der Waals surface area contributed by atoms with Gasteiger partial charge in [0.25, 0.3) is 0 Å². The minimum Gasteiger partial charge on any atom is -0.384 e. The second kappa shape index (κ2) is 5.46. The van der Waals surface area contributed by atoms with E-state index in [1.54, 1.807) is 0 Å². The lowest BCUT2D eigenvalue weighted by atomic mass is 9.88. The van der Waals surface area contributed by atoms with Crippen molar-refractivity contribution >= 4 is 11.8 Å². The van der Waals surface area contributed by atoms with Crippen molar-refractivity contribution in [2.45, 2.75) is 43.7 Å². The van der Waals surface area contributed by atoms with E-state index >= 15 is 0 Å². The number of H-pyrrole nitrogens is 1. The first-order chi connectivity index (χ1) is 10.7. The standard InChI is InChI=1S/C15H23N5O2/c16-14-9-13(17-18-14)10-7-11-1-2-12(8-10)20(11)15(21)19-3-5-22-6-4-19/h9-12H,1-8H2,(H3,16,17,18). The van der Waals surface area contributed by atoms with Crippen LogP contribution in [0, 0.1) is 0 Å². The summed E-state index contributed by atoms with van der Waals surface area (Å²) in [6.45, 7) is 2.75. The second-order valence-corrected chi connectivity index (χ2v) is 6.59. The number of aromatic amines is 1. The second-order valence-electron chi connectivity index (χ2n) is 6.59. The quantitative estimate of drug-likeness (QED) is 0.815. The Labute approximate surface area is 129 Å². The Balaban J connectivity index is 1.47. The zero-order chi connectivity index (χ0) is 15.1. The van der Waals surface area contributed by atoms with Crippen molar-refractivity contribution in [3.05, 3.63) is 11.8 Å². The van der Waals surface area contributed by atoms with E-state index in [1.165, 1.54) is 0 Å². The molecule has 0 aromatic carbocycles. The fourth-order valence-corrected chi connectivity index (χ4v) is 4.21. The molecule has 7 heteroatoms. The van der Waals surface area contributed by atoms with E-state index in [4.69, 9.17) is 10.5 Å². The maximum atomic E-state index is 12.8. The van der Waals surface area contributed by atoms with Crippen molar-refractivity contribution in [1.29, 1.82) is 0 Å². The lowest BCUT2D eigenvalue weighted by molar-refractivity contribution is 0.0330. The number of carbonyl (C=O) groups is 1. The summed E-state index contributed by atoms with van der Waals surface area (Å²) in [7, 11) is 0. The third-order valence-electron chi connectivity index (χ3n) is 5.27. The number of piperidine rings is 1. The normalized spacial score (nSPS) is 31.5. The van der Waals surface area contributed by atoms with Gasteiger partial charge in [-0.05, 0) is 25.7 Å². The topological polar surface area (TPSA) is 87.5 Å². The number of hydrogen-bond acceptors (Lipinski definition) is 4. The molecular weight excluding hydrogens is 282 g/mol. The van der Waals surface area contributed by atoms with E-state index in [-0.39, 0.29) is 6.03 Å². The Morgan fingerprint density at radius 3 is 2.55 bits per heavy atom. The number of nitrogens with two attached hydrogens (primary N) is 1. The number of aromatic nitrogens is 2. The van der Waals surface area contributed by atoms with Gasteiger partial charge in [-0.3, -0.25) is 5.10 Å². The average molecular weight is 305 g/mol. The molecule has 0 radical (unpaired) electrons. The SMILES string of the molecule is Nc1cc(C2CC3CCC(C2)N3C(=O)N2CCOCC2)n[nH]1. The Kier molecular flexibility index (Phi) is 3.44. The Morgan fingerprint density at radius 2 is 1.95 bits per heavy atom. The molecule has 0 saturated carbocycles.